The Morgan fingerprint density at radius 2 is 1.83 bits per heavy atom. The Labute approximate surface area is 179 Å². The molecule has 0 atom stereocenters. The van der Waals surface area contributed by atoms with Crippen molar-refractivity contribution in [3.63, 3.8) is 0 Å². The molecule has 6 nitrogen and oxygen atoms in total. The Bertz CT molecular complexity index is 1210. The maximum Gasteiger partial charge on any atom is 0.264 e. The summed E-state index contributed by atoms with van der Waals surface area (Å²) < 4.78 is 1.96. The standard InChI is InChI=1S/C23H23N5OS/c1-16-6-5-7-18(14-16)28-23-19(17(2)25-28)15-20(30-23)22(29)27-12-10-26(11-13-27)21-8-3-4-9-24-21/h3-9,14-15H,10-13H2,1-2H3. The predicted molar refractivity (Wildman–Crippen MR) is 121 cm³/mol. The van der Waals surface area contributed by atoms with Crippen molar-refractivity contribution in [2.24, 2.45) is 0 Å². The van der Waals surface area contributed by atoms with Crippen molar-refractivity contribution in [1.82, 2.24) is 19.7 Å². The molecule has 0 N–H and O–H groups in total. The molecule has 1 aliphatic heterocycles. The van der Waals surface area contributed by atoms with Crippen LogP contribution in [0.25, 0.3) is 15.9 Å². The molecule has 30 heavy (non-hydrogen) atoms. The summed E-state index contributed by atoms with van der Waals surface area (Å²) in [7, 11) is 0. The lowest BCUT2D eigenvalue weighted by Crippen LogP contribution is -2.48. The zero-order chi connectivity index (χ0) is 20.7. The van der Waals surface area contributed by atoms with Crippen LogP contribution >= 0.6 is 11.3 Å². The molecule has 4 heterocycles. The highest BCUT2D eigenvalue weighted by Gasteiger charge is 2.25. The number of amides is 1. The van der Waals surface area contributed by atoms with Gasteiger partial charge < -0.3 is 9.80 Å². The van der Waals surface area contributed by atoms with Crippen molar-refractivity contribution in [1.29, 1.82) is 0 Å². The van der Waals surface area contributed by atoms with Gasteiger partial charge >= 0.3 is 0 Å². The first kappa shape index (κ1) is 18.8. The summed E-state index contributed by atoms with van der Waals surface area (Å²) in [6, 6.07) is 16.2. The van der Waals surface area contributed by atoms with E-state index in [2.05, 4.69) is 35.0 Å². The summed E-state index contributed by atoms with van der Waals surface area (Å²) in [6.07, 6.45) is 1.81. The number of carbonyl (C=O) groups is 1. The van der Waals surface area contributed by atoms with Gasteiger partial charge in [-0.25, -0.2) is 9.67 Å². The molecule has 7 heteroatoms. The van der Waals surface area contributed by atoms with Crippen LogP contribution in [0, 0.1) is 13.8 Å². The van der Waals surface area contributed by atoms with Crippen LogP contribution in [0.2, 0.25) is 0 Å². The van der Waals surface area contributed by atoms with E-state index in [1.165, 1.54) is 16.9 Å². The number of benzene rings is 1. The van der Waals surface area contributed by atoms with Crippen molar-refractivity contribution in [3.8, 4) is 5.69 Å². The first-order valence-corrected chi connectivity index (χ1v) is 10.9. The lowest BCUT2D eigenvalue weighted by Gasteiger charge is -2.35. The first-order chi connectivity index (χ1) is 14.6. The van der Waals surface area contributed by atoms with Gasteiger partial charge in [0.05, 0.1) is 16.3 Å². The maximum atomic E-state index is 13.2. The number of anilines is 1. The number of carbonyl (C=O) groups excluding carboxylic acids is 1. The molecule has 152 valence electrons. The lowest BCUT2D eigenvalue weighted by atomic mass is 10.2. The van der Waals surface area contributed by atoms with Gasteiger partial charge in [-0.1, -0.05) is 18.2 Å². The topological polar surface area (TPSA) is 54.3 Å². The molecule has 0 bridgehead atoms. The highest BCUT2D eigenvalue weighted by Crippen LogP contribution is 2.31. The second-order valence-electron chi connectivity index (χ2n) is 7.63. The number of nitrogens with zero attached hydrogens (tertiary/aromatic N) is 5. The average molecular weight is 418 g/mol. The molecule has 0 unspecified atom stereocenters. The normalized spacial score (nSPS) is 14.5. The van der Waals surface area contributed by atoms with E-state index in [-0.39, 0.29) is 5.91 Å². The molecule has 5 rings (SSSR count). The van der Waals surface area contributed by atoms with E-state index in [4.69, 9.17) is 5.10 Å². The van der Waals surface area contributed by atoms with E-state index < -0.39 is 0 Å². The van der Waals surface area contributed by atoms with Crippen molar-refractivity contribution in [2.75, 3.05) is 31.1 Å². The number of thiophene rings is 1. The van der Waals surface area contributed by atoms with Gasteiger partial charge in [-0.3, -0.25) is 4.79 Å². The molecule has 1 aromatic carbocycles. The third kappa shape index (κ3) is 3.35. The Morgan fingerprint density at radius 3 is 2.57 bits per heavy atom. The summed E-state index contributed by atoms with van der Waals surface area (Å²) >= 11 is 1.53. The largest absolute Gasteiger partial charge is 0.353 e. The van der Waals surface area contributed by atoms with E-state index in [1.807, 2.05) is 53.0 Å². The van der Waals surface area contributed by atoms with Crippen LogP contribution in [0.3, 0.4) is 0 Å². The lowest BCUT2D eigenvalue weighted by molar-refractivity contribution is 0.0751. The van der Waals surface area contributed by atoms with Gasteiger partial charge in [-0.15, -0.1) is 11.3 Å². The van der Waals surface area contributed by atoms with Gasteiger partial charge in [-0.05, 0) is 49.7 Å². The highest BCUT2D eigenvalue weighted by atomic mass is 32.1. The fourth-order valence-corrected chi connectivity index (χ4v) is 5.07. The zero-order valence-corrected chi connectivity index (χ0v) is 17.9. The zero-order valence-electron chi connectivity index (χ0n) is 17.1. The molecule has 0 aliphatic carbocycles. The maximum absolute atomic E-state index is 13.2. The fraction of sp³-hybridized carbons (Fsp3) is 0.261. The monoisotopic (exact) mass is 417 g/mol. The molecule has 1 saturated heterocycles. The van der Waals surface area contributed by atoms with E-state index in [0.717, 1.165) is 45.4 Å². The van der Waals surface area contributed by atoms with Gasteiger partial charge in [-0.2, -0.15) is 5.10 Å². The summed E-state index contributed by atoms with van der Waals surface area (Å²) in [5, 5.41) is 5.76. The molecule has 1 amide bonds. The quantitative estimate of drug-likeness (QED) is 0.504. The minimum atomic E-state index is 0.104. The van der Waals surface area contributed by atoms with Crippen LogP contribution in [0.1, 0.15) is 20.9 Å². The number of hydrogen-bond acceptors (Lipinski definition) is 5. The Balaban J connectivity index is 1.38. The number of piperazine rings is 1. The summed E-state index contributed by atoms with van der Waals surface area (Å²) in [5.74, 6) is 1.08. The molecule has 0 saturated carbocycles. The minimum Gasteiger partial charge on any atom is -0.353 e. The molecule has 4 aromatic rings. The van der Waals surface area contributed by atoms with Crippen LogP contribution in [0.15, 0.2) is 54.7 Å². The SMILES string of the molecule is Cc1cccc(-n2nc(C)c3cc(C(=O)N4CCN(c5ccccn5)CC4)sc32)c1. The van der Waals surface area contributed by atoms with Crippen molar-refractivity contribution in [2.45, 2.75) is 13.8 Å². The third-order valence-electron chi connectivity index (χ3n) is 5.54. The van der Waals surface area contributed by atoms with Gasteiger partial charge in [0.1, 0.15) is 10.6 Å². The minimum absolute atomic E-state index is 0.104. The number of fused-ring (bicyclic) bond motifs is 1. The summed E-state index contributed by atoms with van der Waals surface area (Å²) in [6.45, 7) is 7.07. The van der Waals surface area contributed by atoms with Crippen LogP contribution < -0.4 is 4.90 Å². The summed E-state index contributed by atoms with van der Waals surface area (Å²) in [5.41, 5.74) is 3.16. The highest BCUT2D eigenvalue weighted by molar-refractivity contribution is 7.20. The van der Waals surface area contributed by atoms with E-state index >= 15 is 0 Å². The van der Waals surface area contributed by atoms with Gasteiger partial charge in [0, 0.05) is 37.8 Å². The number of aromatic nitrogens is 3. The van der Waals surface area contributed by atoms with E-state index in [0.29, 0.717) is 13.1 Å². The molecule has 0 spiro atoms. The molecule has 0 radical (unpaired) electrons. The predicted octanol–water partition coefficient (Wildman–Crippen LogP) is 4.06. The van der Waals surface area contributed by atoms with Crippen LogP contribution in [-0.2, 0) is 0 Å². The van der Waals surface area contributed by atoms with E-state index in [1.54, 1.807) is 0 Å². The molecule has 1 fully saturated rings. The average Bonchev–Trinajstić information content (AvgIpc) is 3.35. The number of aryl methyl sites for hydroxylation is 2. The van der Waals surface area contributed by atoms with Crippen molar-refractivity contribution < 1.29 is 4.79 Å². The van der Waals surface area contributed by atoms with E-state index in [9.17, 15) is 4.79 Å². The van der Waals surface area contributed by atoms with Crippen molar-refractivity contribution >= 4 is 33.3 Å². The number of hydrogen-bond donors (Lipinski definition) is 0. The second-order valence-corrected chi connectivity index (χ2v) is 8.66. The van der Waals surface area contributed by atoms with Gasteiger partial charge in [0.25, 0.3) is 5.91 Å². The smallest absolute Gasteiger partial charge is 0.264 e. The molecule has 3 aromatic heterocycles. The first-order valence-electron chi connectivity index (χ1n) is 10.1. The van der Waals surface area contributed by atoms with Crippen molar-refractivity contribution in [3.05, 3.63) is 70.9 Å². The van der Waals surface area contributed by atoms with Crippen LogP contribution in [-0.4, -0.2) is 51.8 Å². The van der Waals surface area contributed by atoms with Gasteiger partial charge in [0.2, 0.25) is 0 Å². The molecule has 1 aliphatic rings. The molecular formula is C23H23N5OS. The van der Waals surface area contributed by atoms with Crippen LogP contribution in [0.4, 0.5) is 5.82 Å². The molecular weight excluding hydrogens is 394 g/mol. The summed E-state index contributed by atoms with van der Waals surface area (Å²) in [4.78, 5) is 23.6. The van der Waals surface area contributed by atoms with Gasteiger partial charge in [0.15, 0.2) is 0 Å². The van der Waals surface area contributed by atoms with Crippen LogP contribution in [0.5, 0.6) is 0 Å². The number of rotatable bonds is 3. The second kappa shape index (κ2) is 7.57. The Kier molecular flexibility index (Phi) is 4.75. The Morgan fingerprint density at radius 1 is 1.00 bits per heavy atom. The number of pyridine rings is 1. The Hall–Kier alpha value is -3.19. The fourth-order valence-electron chi connectivity index (χ4n) is 3.92. The third-order valence-corrected chi connectivity index (χ3v) is 6.64.